The summed E-state index contributed by atoms with van der Waals surface area (Å²) in [5.41, 5.74) is 1.87. The second-order valence-corrected chi connectivity index (χ2v) is 12.1. The van der Waals surface area contributed by atoms with Crippen LogP contribution in [-0.2, 0) is 27.3 Å². The molecule has 0 radical (unpaired) electrons. The number of ether oxygens (including phenoxy) is 2. The largest absolute Gasteiger partial charge is 0.457 e. The number of hydrogen-bond acceptors (Lipinski definition) is 7. The van der Waals surface area contributed by atoms with Crippen molar-refractivity contribution >= 4 is 29.2 Å². The molecule has 2 aliphatic heterocycles. The standard InChI is InChI=1S/C28H30N2O5S/c1-28(2,3)35-27(33)30-20-6-4-18(13-20)25(30)23(31)11-16(14-29)10-21-7-9-24(36-21)17-5-8-22-19(12-17)15-34-26(22)32/h5,7-9,12,16,18,20,25H,4,6,10-11,13,15H2,1-3H3/t16-,18+,20-,25+/m1/s1. The van der Waals surface area contributed by atoms with Gasteiger partial charge in [0.05, 0.1) is 23.6 Å². The van der Waals surface area contributed by atoms with E-state index in [4.69, 9.17) is 9.47 Å². The number of carbonyl (C=O) groups excluding carboxylic acids is 3. The van der Waals surface area contributed by atoms with Crippen LogP contribution in [0.5, 0.6) is 0 Å². The molecule has 1 aromatic heterocycles. The highest BCUT2D eigenvalue weighted by Gasteiger charge is 2.52. The molecule has 36 heavy (non-hydrogen) atoms. The summed E-state index contributed by atoms with van der Waals surface area (Å²) in [5.74, 6) is -0.640. The number of benzene rings is 1. The number of piperidine rings is 1. The topological polar surface area (TPSA) is 96.7 Å². The number of ketones is 1. The summed E-state index contributed by atoms with van der Waals surface area (Å²) in [6.07, 6.45) is 2.84. The van der Waals surface area contributed by atoms with Crippen molar-refractivity contribution in [3.05, 3.63) is 46.3 Å². The lowest BCUT2D eigenvalue weighted by Gasteiger charge is -2.35. The normalized spacial score (nSPS) is 23.2. The third-order valence-corrected chi connectivity index (χ3v) is 8.38. The number of nitrogens with zero attached hydrogens (tertiary/aromatic N) is 2. The number of esters is 1. The summed E-state index contributed by atoms with van der Waals surface area (Å²) in [6.45, 7) is 5.77. The Bertz CT molecular complexity index is 1250. The lowest BCUT2D eigenvalue weighted by atomic mass is 9.89. The van der Waals surface area contributed by atoms with Gasteiger partial charge in [0.2, 0.25) is 0 Å². The van der Waals surface area contributed by atoms with E-state index in [1.807, 2.05) is 45.0 Å². The molecule has 1 aliphatic carbocycles. The van der Waals surface area contributed by atoms with Gasteiger partial charge in [-0.2, -0.15) is 5.26 Å². The third kappa shape index (κ3) is 4.77. The van der Waals surface area contributed by atoms with E-state index in [9.17, 15) is 19.6 Å². The zero-order valence-electron chi connectivity index (χ0n) is 20.8. The van der Waals surface area contributed by atoms with Gasteiger partial charge in [-0.15, -0.1) is 11.3 Å². The Hall–Kier alpha value is -3.18. The van der Waals surface area contributed by atoms with Gasteiger partial charge < -0.3 is 9.47 Å². The van der Waals surface area contributed by atoms with Crippen LogP contribution >= 0.6 is 11.3 Å². The van der Waals surface area contributed by atoms with Crippen LogP contribution in [0, 0.1) is 23.2 Å². The molecular weight excluding hydrogens is 476 g/mol. The molecule has 1 saturated heterocycles. The zero-order chi connectivity index (χ0) is 25.6. The number of Topliss-reactive ketones (excluding diaryl/α,β-unsaturated/α-hetero) is 1. The minimum absolute atomic E-state index is 0.0420. The van der Waals surface area contributed by atoms with Gasteiger partial charge in [0.1, 0.15) is 12.2 Å². The van der Waals surface area contributed by atoms with Crippen molar-refractivity contribution in [3.8, 4) is 16.5 Å². The van der Waals surface area contributed by atoms with Gasteiger partial charge in [-0.25, -0.2) is 9.59 Å². The molecule has 0 spiro atoms. The lowest BCUT2D eigenvalue weighted by Crippen LogP contribution is -2.51. The first-order valence-electron chi connectivity index (χ1n) is 12.5. The maximum absolute atomic E-state index is 13.4. The predicted molar refractivity (Wildman–Crippen MR) is 134 cm³/mol. The van der Waals surface area contributed by atoms with E-state index in [0.717, 1.165) is 40.1 Å². The first-order valence-corrected chi connectivity index (χ1v) is 13.3. The highest BCUT2D eigenvalue weighted by molar-refractivity contribution is 7.15. The fourth-order valence-electron chi connectivity index (χ4n) is 5.68. The molecular formula is C28H30N2O5S. The summed E-state index contributed by atoms with van der Waals surface area (Å²) in [4.78, 5) is 41.7. The number of nitriles is 1. The van der Waals surface area contributed by atoms with Crippen LogP contribution in [0.3, 0.4) is 0 Å². The van der Waals surface area contributed by atoms with Crippen LogP contribution in [0.4, 0.5) is 4.79 Å². The number of thiophene rings is 1. The highest BCUT2D eigenvalue weighted by atomic mass is 32.1. The fraction of sp³-hybridized carbons (Fsp3) is 0.500. The molecule has 1 amide bonds. The van der Waals surface area contributed by atoms with Crippen LogP contribution in [0.1, 0.15) is 67.3 Å². The van der Waals surface area contributed by atoms with E-state index in [0.29, 0.717) is 18.6 Å². The van der Waals surface area contributed by atoms with Gasteiger partial charge >= 0.3 is 12.1 Å². The summed E-state index contributed by atoms with van der Waals surface area (Å²) >= 11 is 1.59. The molecule has 5 rings (SSSR count). The van der Waals surface area contributed by atoms with Gasteiger partial charge in [-0.1, -0.05) is 6.07 Å². The fourth-order valence-corrected chi connectivity index (χ4v) is 6.76. The Morgan fingerprint density at radius 3 is 2.81 bits per heavy atom. The molecule has 1 saturated carbocycles. The zero-order valence-corrected chi connectivity index (χ0v) is 21.6. The van der Waals surface area contributed by atoms with Crippen LogP contribution in [0.15, 0.2) is 30.3 Å². The predicted octanol–water partition coefficient (Wildman–Crippen LogP) is 5.51. The van der Waals surface area contributed by atoms with Gasteiger partial charge in [0.25, 0.3) is 0 Å². The van der Waals surface area contributed by atoms with Crippen molar-refractivity contribution in [1.82, 2.24) is 4.90 Å². The Balaban J connectivity index is 1.26. The number of carbonyl (C=O) groups is 3. The van der Waals surface area contributed by atoms with Crippen molar-refractivity contribution in [2.45, 2.75) is 77.2 Å². The summed E-state index contributed by atoms with van der Waals surface area (Å²) in [5, 5.41) is 9.84. The number of amides is 1. The average molecular weight is 507 g/mol. The van der Waals surface area contributed by atoms with Gasteiger partial charge in [0.15, 0.2) is 5.78 Å². The van der Waals surface area contributed by atoms with Crippen molar-refractivity contribution in [2.24, 2.45) is 11.8 Å². The van der Waals surface area contributed by atoms with Crippen molar-refractivity contribution in [1.29, 1.82) is 5.26 Å². The third-order valence-electron chi connectivity index (χ3n) is 7.23. The van der Waals surface area contributed by atoms with Crippen LogP contribution in [0.25, 0.3) is 10.4 Å². The lowest BCUT2D eigenvalue weighted by molar-refractivity contribution is -0.126. The summed E-state index contributed by atoms with van der Waals surface area (Å²) in [6, 6.07) is 11.5. The Kier molecular flexibility index (Phi) is 6.37. The van der Waals surface area contributed by atoms with Crippen LogP contribution in [-0.4, -0.2) is 40.4 Å². The molecule has 2 bridgehead atoms. The van der Waals surface area contributed by atoms with E-state index < -0.39 is 23.7 Å². The first kappa shape index (κ1) is 24.5. The van der Waals surface area contributed by atoms with Gasteiger partial charge in [0, 0.05) is 27.8 Å². The van der Waals surface area contributed by atoms with Gasteiger partial charge in [-0.05, 0) is 82.2 Å². The second kappa shape index (κ2) is 9.36. The molecule has 3 heterocycles. The maximum atomic E-state index is 13.4. The van der Waals surface area contributed by atoms with Crippen LogP contribution in [0.2, 0.25) is 0 Å². The van der Waals surface area contributed by atoms with Crippen molar-refractivity contribution in [2.75, 3.05) is 0 Å². The molecule has 2 fully saturated rings. The number of likely N-dealkylation sites (tertiary alicyclic amines) is 1. The smallest absolute Gasteiger partial charge is 0.411 e. The molecule has 7 nitrogen and oxygen atoms in total. The molecule has 8 heteroatoms. The van der Waals surface area contributed by atoms with E-state index in [1.54, 1.807) is 22.3 Å². The molecule has 4 atom stereocenters. The Labute approximate surface area is 215 Å². The maximum Gasteiger partial charge on any atom is 0.411 e. The number of cyclic esters (lactones) is 1. The number of rotatable bonds is 6. The van der Waals surface area contributed by atoms with Crippen LogP contribution < -0.4 is 0 Å². The van der Waals surface area contributed by atoms with Crippen molar-refractivity contribution < 1.29 is 23.9 Å². The molecule has 2 aromatic rings. The van der Waals surface area contributed by atoms with E-state index in [2.05, 4.69) is 6.07 Å². The molecule has 188 valence electrons. The molecule has 0 N–H and O–H groups in total. The Morgan fingerprint density at radius 2 is 2.06 bits per heavy atom. The van der Waals surface area contributed by atoms with Crippen molar-refractivity contribution in [3.63, 3.8) is 0 Å². The van der Waals surface area contributed by atoms with E-state index in [1.165, 1.54) is 0 Å². The Morgan fingerprint density at radius 1 is 1.25 bits per heavy atom. The SMILES string of the molecule is CC(C)(C)OC(=O)N1[C@@H]2CC[C@@H](C2)[C@H]1C(=O)C[C@H](C#N)Cc1ccc(-c2ccc3c(c2)COC3=O)s1. The molecule has 1 aromatic carbocycles. The average Bonchev–Trinajstić information content (AvgIpc) is 3.61. The van der Waals surface area contributed by atoms with E-state index >= 15 is 0 Å². The summed E-state index contributed by atoms with van der Waals surface area (Å²) < 4.78 is 10.7. The van der Waals surface area contributed by atoms with Gasteiger partial charge in [-0.3, -0.25) is 9.69 Å². The monoisotopic (exact) mass is 506 g/mol. The highest BCUT2D eigenvalue weighted by Crippen LogP contribution is 2.44. The number of hydrogen-bond donors (Lipinski definition) is 0. The first-order chi connectivity index (χ1) is 17.1. The number of fused-ring (bicyclic) bond motifs is 3. The molecule has 0 unspecified atom stereocenters. The second-order valence-electron chi connectivity index (χ2n) is 11.0. The molecule has 3 aliphatic rings. The summed E-state index contributed by atoms with van der Waals surface area (Å²) in [7, 11) is 0. The quantitative estimate of drug-likeness (QED) is 0.479. The minimum Gasteiger partial charge on any atom is -0.457 e. The minimum atomic E-state index is -0.625. The van der Waals surface area contributed by atoms with E-state index in [-0.39, 0.29) is 30.1 Å².